The van der Waals surface area contributed by atoms with E-state index >= 15 is 0 Å². The first-order valence-corrected chi connectivity index (χ1v) is 8.66. The van der Waals surface area contributed by atoms with Gasteiger partial charge in [0.2, 0.25) is 5.78 Å². The average molecular weight is 341 g/mol. The van der Waals surface area contributed by atoms with Crippen LogP contribution in [0, 0.1) is 11.8 Å². The van der Waals surface area contributed by atoms with Crippen molar-refractivity contribution in [2.45, 2.75) is 70.8 Å². The maximum Gasteiger partial charge on any atom is 0.326 e. The number of amides is 1. The minimum Gasteiger partial charge on any atom is -0.480 e. The van der Waals surface area contributed by atoms with E-state index in [0.717, 1.165) is 4.90 Å². The van der Waals surface area contributed by atoms with Crippen LogP contribution >= 0.6 is 0 Å². The van der Waals surface area contributed by atoms with Crippen LogP contribution in [0.1, 0.15) is 52.9 Å². The Morgan fingerprint density at radius 1 is 1.25 bits per heavy atom. The van der Waals surface area contributed by atoms with Crippen LogP contribution in [0.4, 0.5) is 0 Å². The number of nitrogens with zero attached hydrogens (tertiary/aromatic N) is 1. The highest BCUT2D eigenvalue weighted by Crippen LogP contribution is 2.32. The Balaban J connectivity index is 2.34. The van der Waals surface area contributed by atoms with E-state index in [-0.39, 0.29) is 12.5 Å². The molecule has 0 saturated carbocycles. The predicted molar refractivity (Wildman–Crippen MR) is 85.1 cm³/mol. The molecule has 7 heteroatoms. The molecule has 7 nitrogen and oxygen atoms in total. The average Bonchev–Trinajstić information content (AvgIpc) is 2.66. The molecular weight excluding hydrogens is 314 g/mol. The van der Waals surface area contributed by atoms with E-state index in [4.69, 9.17) is 4.74 Å². The van der Waals surface area contributed by atoms with Gasteiger partial charge in [-0.25, -0.2) is 4.79 Å². The van der Waals surface area contributed by atoms with Crippen molar-refractivity contribution in [2.24, 2.45) is 11.8 Å². The van der Waals surface area contributed by atoms with E-state index in [9.17, 15) is 24.6 Å². The topological polar surface area (TPSA) is 104 Å². The first kappa shape index (κ1) is 18.9. The Hall–Kier alpha value is -1.47. The Morgan fingerprint density at radius 3 is 2.50 bits per heavy atom. The third-order valence-electron chi connectivity index (χ3n) is 5.07. The maximum atomic E-state index is 12.9. The van der Waals surface area contributed by atoms with Crippen LogP contribution in [0.3, 0.4) is 0 Å². The van der Waals surface area contributed by atoms with Crippen molar-refractivity contribution >= 4 is 17.7 Å². The second kappa shape index (κ2) is 7.19. The van der Waals surface area contributed by atoms with Crippen LogP contribution in [0.5, 0.6) is 0 Å². The number of carboxylic acid groups (broad SMARTS) is 1. The van der Waals surface area contributed by atoms with Crippen molar-refractivity contribution < 1.29 is 29.3 Å². The highest BCUT2D eigenvalue weighted by atomic mass is 16.6. The minimum atomic E-state index is -2.59. The van der Waals surface area contributed by atoms with Crippen LogP contribution in [0.15, 0.2) is 0 Å². The number of carbonyl (C=O) groups is 3. The van der Waals surface area contributed by atoms with Gasteiger partial charge in [0.25, 0.3) is 5.91 Å². The Labute approximate surface area is 142 Å². The highest BCUT2D eigenvalue weighted by Gasteiger charge is 2.54. The lowest BCUT2D eigenvalue weighted by Crippen LogP contribution is -2.62. The fraction of sp³-hybridized carbons (Fsp3) is 0.824. The fourth-order valence-electron chi connectivity index (χ4n) is 3.47. The number of ether oxygens (including phenoxy) is 1. The number of piperidine rings is 1. The largest absolute Gasteiger partial charge is 0.480 e. The van der Waals surface area contributed by atoms with Crippen molar-refractivity contribution in [1.82, 2.24) is 4.90 Å². The Morgan fingerprint density at radius 2 is 1.92 bits per heavy atom. The quantitative estimate of drug-likeness (QED) is 0.747. The lowest BCUT2D eigenvalue weighted by atomic mass is 9.92. The molecule has 0 bridgehead atoms. The number of rotatable bonds is 3. The summed E-state index contributed by atoms with van der Waals surface area (Å²) in [6.45, 7) is 5.67. The predicted octanol–water partition coefficient (Wildman–Crippen LogP) is 1.18. The summed E-state index contributed by atoms with van der Waals surface area (Å²) in [6, 6.07) is -1.03. The van der Waals surface area contributed by atoms with Gasteiger partial charge in [-0.05, 0) is 38.0 Å². The molecule has 0 aromatic rings. The van der Waals surface area contributed by atoms with Gasteiger partial charge in [0.15, 0.2) is 0 Å². The van der Waals surface area contributed by atoms with Gasteiger partial charge in [-0.1, -0.05) is 20.8 Å². The van der Waals surface area contributed by atoms with Crippen LogP contribution in [-0.4, -0.2) is 57.3 Å². The van der Waals surface area contributed by atoms with Crippen LogP contribution in [-0.2, 0) is 19.1 Å². The van der Waals surface area contributed by atoms with Crippen LogP contribution in [0.25, 0.3) is 0 Å². The van der Waals surface area contributed by atoms with Crippen LogP contribution < -0.4 is 0 Å². The SMILES string of the molecule is CC1CCC(C(C)C)OC(O)(C(=O)N2CCCCC2C(=O)O)C1=O. The van der Waals surface area contributed by atoms with Gasteiger partial charge in [0, 0.05) is 12.5 Å². The molecule has 0 aliphatic carbocycles. The van der Waals surface area contributed by atoms with Gasteiger partial charge in [-0.3, -0.25) is 9.59 Å². The van der Waals surface area contributed by atoms with Gasteiger partial charge in [0.05, 0.1) is 6.10 Å². The number of Topliss-reactive ketones (excluding diaryl/α,β-unsaturated/α-hetero) is 1. The summed E-state index contributed by atoms with van der Waals surface area (Å²) < 4.78 is 5.61. The first-order valence-electron chi connectivity index (χ1n) is 8.66. The normalized spacial score (nSPS) is 35.0. The summed E-state index contributed by atoms with van der Waals surface area (Å²) in [5, 5.41) is 20.2. The maximum absolute atomic E-state index is 12.9. The molecule has 1 amide bonds. The molecular formula is C17H27NO6. The van der Waals surface area contributed by atoms with Crippen molar-refractivity contribution in [3.8, 4) is 0 Å². The molecule has 0 radical (unpaired) electrons. The smallest absolute Gasteiger partial charge is 0.326 e. The summed E-state index contributed by atoms with van der Waals surface area (Å²) in [6.07, 6.45) is 2.32. The number of hydrogen-bond acceptors (Lipinski definition) is 5. The molecule has 0 spiro atoms. The molecule has 24 heavy (non-hydrogen) atoms. The summed E-state index contributed by atoms with van der Waals surface area (Å²) in [4.78, 5) is 38.1. The lowest BCUT2D eigenvalue weighted by Gasteiger charge is -2.39. The molecule has 2 aliphatic heterocycles. The number of carboxylic acids is 1. The summed E-state index contributed by atoms with van der Waals surface area (Å²) >= 11 is 0. The van der Waals surface area contributed by atoms with E-state index < -0.39 is 41.5 Å². The van der Waals surface area contributed by atoms with Gasteiger partial charge < -0.3 is 19.8 Å². The van der Waals surface area contributed by atoms with Gasteiger partial charge in [0.1, 0.15) is 6.04 Å². The zero-order valence-corrected chi connectivity index (χ0v) is 14.5. The fourth-order valence-corrected chi connectivity index (χ4v) is 3.47. The number of likely N-dealkylation sites (tertiary alicyclic amines) is 1. The molecule has 4 unspecified atom stereocenters. The van der Waals surface area contributed by atoms with Gasteiger partial charge in [-0.2, -0.15) is 0 Å². The molecule has 136 valence electrons. The summed E-state index contributed by atoms with van der Waals surface area (Å²) in [7, 11) is 0. The molecule has 0 aromatic heterocycles. The number of aliphatic carboxylic acids is 1. The van der Waals surface area contributed by atoms with E-state index in [2.05, 4.69) is 0 Å². The molecule has 2 fully saturated rings. The van der Waals surface area contributed by atoms with Crippen molar-refractivity contribution in [3.63, 3.8) is 0 Å². The molecule has 2 heterocycles. The van der Waals surface area contributed by atoms with Crippen LogP contribution in [0.2, 0.25) is 0 Å². The third-order valence-corrected chi connectivity index (χ3v) is 5.07. The second-order valence-corrected chi connectivity index (χ2v) is 7.24. The van der Waals surface area contributed by atoms with Gasteiger partial charge in [-0.15, -0.1) is 0 Å². The van der Waals surface area contributed by atoms with E-state index in [0.29, 0.717) is 32.1 Å². The van der Waals surface area contributed by atoms with Crippen molar-refractivity contribution in [1.29, 1.82) is 0 Å². The van der Waals surface area contributed by atoms with Gasteiger partial charge >= 0.3 is 11.8 Å². The van der Waals surface area contributed by atoms with E-state index in [1.54, 1.807) is 6.92 Å². The van der Waals surface area contributed by atoms with E-state index in [1.165, 1.54) is 0 Å². The van der Waals surface area contributed by atoms with Crippen molar-refractivity contribution in [3.05, 3.63) is 0 Å². The monoisotopic (exact) mass is 341 g/mol. The third kappa shape index (κ3) is 3.47. The highest BCUT2D eigenvalue weighted by molar-refractivity contribution is 6.09. The molecule has 2 N–H and O–H groups in total. The standard InChI is InChI=1S/C17H27NO6/c1-10(2)13-8-7-11(3)14(19)17(23,24-13)16(22)18-9-5-4-6-12(18)15(20)21/h10-13,23H,4-9H2,1-3H3,(H,20,21). The summed E-state index contributed by atoms with van der Waals surface area (Å²) in [5.74, 6) is -5.81. The first-order chi connectivity index (χ1) is 11.2. The zero-order chi connectivity index (χ0) is 18.1. The number of hydrogen-bond donors (Lipinski definition) is 2. The molecule has 0 aromatic carbocycles. The van der Waals surface area contributed by atoms with E-state index in [1.807, 2.05) is 13.8 Å². The Kier molecular flexibility index (Phi) is 5.65. The molecule has 4 atom stereocenters. The minimum absolute atomic E-state index is 0.0269. The zero-order valence-electron chi connectivity index (χ0n) is 14.5. The number of aliphatic hydroxyl groups is 1. The Bertz CT molecular complexity index is 519. The second-order valence-electron chi connectivity index (χ2n) is 7.24. The molecule has 2 rings (SSSR count). The number of ketones is 1. The number of carbonyl (C=O) groups excluding carboxylic acids is 2. The summed E-state index contributed by atoms with van der Waals surface area (Å²) in [5.41, 5.74) is 0. The van der Waals surface area contributed by atoms with Crippen molar-refractivity contribution in [2.75, 3.05) is 6.54 Å². The molecule has 2 aliphatic rings. The lowest BCUT2D eigenvalue weighted by molar-refractivity contribution is -0.232. The molecule has 2 saturated heterocycles.